The summed E-state index contributed by atoms with van der Waals surface area (Å²) in [5.41, 5.74) is 3.88. The summed E-state index contributed by atoms with van der Waals surface area (Å²) in [4.78, 5) is 15.7. The summed E-state index contributed by atoms with van der Waals surface area (Å²) in [6, 6.07) is 10.9. The van der Waals surface area contributed by atoms with Crippen LogP contribution in [0.2, 0.25) is 0 Å². The van der Waals surface area contributed by atoms with Crippen molar-refractivity contribution in [2.45, 2.75) is 6.10 Å². The van der Waals surface area contributed by atoms with Crippen LogP contribution in [0.25, 0.3) is 0 Å². The zero-order valence-electron chi connectivity index (χ0n) is 11.8. The molecule has 112 valence electrons. The number of thioether (sulfide) groups is 1. The van der Waals surface area contributed by atoms with Gasteiger partial charge in [0, 0.05) is 29.5 Å². The van der Waals surface area contributed by atoms with Crippen LogP contribution in [0.1, 0.15) is 15.9 Å². The standard InChI is InChI=1S/C16H15N3O2S/c20-16(13-4-6-17-7-5-13)19-18-9-12-2-1-3-14(8-12)21-15-10-22-11-15/h1-9,15H,10-11H2,(H,19,20)/b18-9-. The molecular formula is C16H15N3O2S. The molecule has 1 aliphatic rings. The first-order valence-electron chi connectivity index (χ1n) is 6.89. The minimum atomic E-state index is -0.266. The molecule has 1 aromatic heterocycles. The summed E-state index contributed by atoms with van der Waals surface area (Å²) >= 11 is 1.88. The zero-order valence-corrected chi connectivity index (χ0v) is 12.6. The Bertz CT molecular complexity index is 672. The number of hydrogen-bond acceptors (Lipinski definition) is 5. The molecule has 1 amide bonds. The molecule has 0 spiro atoms. The van der Waals surface area contributed by atoms with Gasteiger partial charge in [0.1, 0.15) is 11.9 Å². The van der Waals surface area contributed by atoms with Gasteiger partial charge >= 0.3 is 0 Å². The number of carbonyl (C=O) groups is 1. The van der Waals surface area contributed by atoms with E-state index >= 15 is 0 Å². The molecule has 0 radical (unpaired) electrons. The zero-order chi connectivity index (χ0) is 15.2. The van der Waals surface area contributed by atoms with Crippen molar-refractivity contribution < 1.29 is 9.53 Å². The van der Waals surface area contributed by atoms with Crippen molar-refractivity contribution in [1.82, 2.24) is 10.4 Å². The van der Waals surface area contributed by atoms with Crippen molar-refractivity contribution in [3.8, 4) is 5.75 Å². The van der Waals surface area contributed by atoms with E-state index in [4.69, 9.17) is 4.74 Å². The van der Waals surface area contributed by atoms with Crippen LogP contribution in [-0.2, 0) is 0 Å². The van der Waals surface area contributed by atoms with Gasteiger partial charge in [-0.15, -0.1) is 0 Å². The summed E-state index contributed by atoms with van der Waals surface area (Å²) in [6.07, 6.45) is 5.04. The minimum absolute atomic E-state index is 0.266. The van der Waals surface area contributed by atoms with Crippen LogP contribution in [0.3, 0.4) is 0 Å². The first-order valence-corrected chi connectivity index (χ1v) is 8.04. The fourth-order valence-corrected chi connectivity index (χ4v) is 2.44. The van der Waals surface area contributed by atoms with Crippen molar-refractivity contribution >= 4 is 23.9 Å². The molecule has 22 heavy (non-hydrogen) atoms. The maximum atomic E-state index is 11.8. The van der Waals surface area contributed by atoms with Gasteiger partial charge in [-0.3, -0.25) is 9.78 Å². The highest BCUT2D eigenvalue weighted by Crippen LogP contribution is 2.24. The average molecular weight is 313 g/mol. The number of carbonyl (C=O) groups excluding carboxylic acids is 1. The van der Waals surface area contributed by atoms with Crippen LogP contribution >= 0.6 is 11.8 Å². The Morgan fingerprint density at radius 2 is 2.14 bits per heavy atom. The number of hydrazone groups is 1. The van der Waals surface area contributed by atoms with Gasteiger partial charge < -0.3 is 4.74 Å². The van der Waals surface area contributed by atoms with E-state index < -0.39 is 0 Å². The molecule has 0 atom stereocenters. The summed E-state index contributed by atoms with van der Waals surface area (Å²) in [7, 11) is 0. The number of hydrogen-bond donors (Lipinski definition) is 1. The third kappa shape index (κ3) is 3.85. The van der Waals surface area contributed by atoms with Gasteiger partial charge in [-0.05, 0) is 29.8 Å². The van der Waals surface area contributed by atoms with Crippen LogP contribution in [0.4, 0.5) is 0 Å². The molecule has 5 nitrogen and oxygen atoms in total. The number of ether oxygens (including phenoxy) is 1. The van der Waals surface area contributed by atoms with Gasteiger partial charge in [0.2, 0.25) is 0 Å². The van der Waals surface area contributed by atoms with Crippen LogP contribution < -0.4 is 10.2 Å². The lowest BCUT2D eigenvalue weighted by Gasteiger charge is -2.25. The van der Waals surface area contributed by atoms with Crippen LogP contribution in [-0.4, -0.2) is 34.7 Å². The van der Waals surface area contributed by atoms with Gasteiger partial charge in [-0.25, -0.2) is 5.43 Å². The van der Waals surface area contributed by atoms with Crippen molar-refractivity contribution in [3.05, 3.63) is 59.9 Å². The third-order valence-electron chi connectivity index (χ3n) is 3.09. The highest BCUT2D eigenvalue weighted by atomic mass is 32.2. The molecule has 1 fully saturated rings. The van der Waals surface area contributed by atoms with Crippen molar-refractivity contribution in [1.29, 1.82) is 0 Å². The number of rotatable bonds is 5. The van der Waals surface area contributed by atoms with E-state index in [-0.39, 0.29) is 5.91 Å². The quantitative estimate of drug-likeness (QED) is 0.680. The van der Waals surface area contributed by atoms with E-state index in [1.54, 1.807) is 30.7 Å². The Hall–Kier alpha value is -2.34. The lowest BCUT2D eigenvalue weighted by molar-refractivity contribution is 0.0955. The normalized spacial score (nSPS) is 14.5. The number of nitrogens with zero attached hydrogens (tertiary/aromatic N) is 2. The maximum Gasteiger partial charge on any atom is 0.271 e. The lowest BCUT2D eigenvalue weighted by Crippen LogP contribution is -2.31. The van der Waals surface area contributed by atoms with E-state index in [2.05, 4.69) is 15.5 Å². The smallest absolute Gasteiger partial charge is 0.271 e. The fourth-order valence-electron chi connectivity index (χ4n) is 1.88. The molecule has 2 heterocycles. The molecule has 0 saturated carbocycles. The number of nitrogens with one attached hydrogen (secondary N) is 1. The Morgan fingerprint density at radius 1 is 1.32 bits per heavy atom. The summed E-state index contributed by atoms with van der Waals surface area (Å²) < 4.78 is 5.81. The molecule has 3 rings (SSSR count). The molecule has 1 saturated heterocycles. The van der Waals surface area contributed by atoms with Crippen LogP contribution in [0.15, 0.2) is 53.9 Å². The molecular weight excluding hydrogens is 298 g/mol. The lowest BCUT2D eigenvalue weighted by atomic mass is 10.2. The largest absolute Gasteiger partial charge is 0.489 e. The average Bonchev–Trinajstić information content (AvgIpc) is 2.52. The summed E-state index contributed by atoms with van der Waals surface area (Å²) in [5.74, 6) is 2.65. The molecule has 1 aromatic carbocycles. The molecule has 6 heteroatoms. The van der Waals surface area contributed by atoms with Gasteiger partial charge in [-0.2, -0.15) is 16.9 Å². The molecule has 2 aromatic rings. The van der Waals surface area contributed by atoms with Gasteiger partial charge in [-0.1, -0.05) is 12.1 Å². The molecule has 0 bridgehead atoms. The molecule has 1 aliphatic heterocycles. The van der Waals surface area contributed by atoms with Crippen molar-refractivity contribution in [3.63, 3.8) is 0 Å². The second-order valence-corrected chi connectivity index (χ2v) is 5.86. The molecule has 0 unspecified atom stereocenters. The Morgan fingerprint density at radius 3 is 2.86 bits per heavy atom. The number of aromatic nitrogens is 1. The SMILES string of the molecule is O=C(N/N=C\c1cccc(OC2CSC2)c1)c1ccncc1. The fraction of sp³-hybridized carbons (Fsp3) is 0.188. The Kier molecular flexibility index (Phi) is 4.70. The highest BCUT2D eigenvalue weighted by Gasteiger charge is 2.19. The highest BCUT2D eigenvalue weighted by molar-refractivity contribution is 8.00. The van der Waals surface area contributed by atoms with Gasteiger partial charge in [0.05, 0.1) is 6.21 Å². The van der Waals surface area contributed by atoms with E-state index in [9.17, 15) is 4.79 Å². The topological polar surface area (TPSA) is 63.6 Å². The number of pyridine rings is 1. The van der Waals surface area contributed by atoms with Crippen LogP contribution in [0, 0.1) is 0 Å². The summed E-state index contributed by atoms with van der Waals surface area (Å²) in [5, 5.41) is 3.97. The van der Waals surface area contributed by atoms with E-state index in [0.29, 0.717) is 11.7 Å². The predicted molar refractivity (Wildman–Crippen MR) is 87.5 cm³/mol. The Balaban J connectivity index is 1.58. The van der Waals surface area contributed by atoms with Gasteiger partial charge in [0.15, 0.2) is 0 Å². The van der Waals surface area contributed by atoms with E-state index in [1.807, 2.05) is 36.0 Å². The van der Waals surface area contributed by atoms with Crippen molar-refractivity contribution in [2.24, 2.45) is 5.10 Å². The first kappa shape index (κ1) is 14.6. The monoisotopic (exact) mass is 313 g/mol. The third-order valence-corrected chi connectivity index (χ3v) is 4.31. The molecule has 0 aliphatic carbocycles. The van der Waals surface area contributed by atoms with Crippen LogP contribution in [0.5, 0.6) is 5.75 Å². The minimum Gasteiger partial charge on any atom is -0.489 e. The Labute approximate surface area is 132 Å². The first-order chi connectivity index (χ1) is 10.8. The van der Waals surface area contributed by atoms with E-state index in [1.165, 1.54) is 0 Å². The maximum absolute atomic E-state index is 11.8. The number of benzene rings is 1. The second kappa shape index (κ2) is 7.09. The summed E-state index contributed by atoms with van der Waals surface area (Å²) in [6.45, 7) is 0. The van der Waals surface area contributed by atoms with Crippen molar-refractivity contribution in [2.75, 3.05) is 11.5 Å². The second-order valence-electron chi connectivity index (χ2n) is 4.78. The number of amides is 1. The predicted octanol–water partition coefficient (Wildman–Crippen LogP) is 2.34. The molecule has 1 N–H and O–H groups in total. The van der Waals surface area contributed by atoms with E-state index in [0.717, 1.165) is 22.8 Å². The van der Waals surface area contributed by atoms with Gasteiger partial charge in [0.25, 0.3) is 5.91 Å².